The molecule has 2 rings (SSSR count). The summed E-state index contributed by atoms with van der Waals surface area (Å²) in [5.74, 6) is -0.648. The average molecular weight is 350 g/mol. The lowest BCUT2D eigenvalue weighted by Crippen LogP contribution is -2.43. The zero-order valence-corrected chi connectivity index (χ0v) is 14.3. The third-order valence-corrected chi connectivity index (χ3v) is 4.21. The van der Waals surface area contributed by atoms with E-state index in [4.69, 9.17) is 19.9 Å². The number of methoxy groups -OCH3 is 2. The Bertz CT molecular complexity index is 653. The summed E-state index contributed by atoms with van der Waals surface area (Å²) in [4.78, 5) is 37.0. The van der Waals surface area contributed by atoms with E-state index in [1.807, 2.05) is 0 Å². The third-order valence-electron chi connectivity index (χ3n) is 4.21. The molecule has 1 fully saturated rings. The molecule has 1 saturated heterocycles. The number of nitrogens with two attached hydrogens (primary N) is 1. The summed E-state index contributed by atoms with van der Waals surface area (Å²) in [6, 6.07) is 4.69. The van der Waals surface area contributed by atoms with E-state index >= 15 is 0 Å². The number of esters is 1. The van der Waals surface area contributed by atoms with Crippen molar-refractivity contribution in [3.05, 3.63) is 23.8 Å². The normalized spacial score (nSPS) is 14.7. The van der Waals surface area contributed by atoms with Gasteiger partial charge >= 0.3 is 5.97 Å². The number of primary amides is 1. The van der Waals surface area contributed by atoms with Crippen LogP contribution in [0.4, 0.5) is 0 Å². The van der Waals surface area contributed by atoms with Crippen LogP contribution in [0.5, 0.6) is 11.5 Å². The Morgan fingerprint density at radius 3 is 2.40 bits per heavy atom. The van der Waals surface area contributed by atoms with Crippen molar-refractivity contribution in [3.63, 3.8) is 0 Å². The summed E-state index contributed by atoms with van der Waals surface area (Å²) in [7, 11) is 2.94. The van der Waals surface area contributed by atoms with Crippen LogP contribution < -0.4 is 15.2 Å². The second-order valence-corrected chi connectivity index (χ2v) is 5.70. The van der Waals surface area contributed by atoms with Gasteiger partial charge in [0, 0.05) is 25.1 Å². The monoisotopic (exact) mass is 350 g/mol. The predicted molar refractivity (Wildman–Crippen MR) is 88.3 cm³/mol. The smallest absolute Gasteiger partial charge is 0.342 e. The molecule has 8 heteroatoms. The van der Waals surface area contributed by atoms with Gasteiger partial charge in [-0.3, -0.25) is 9.59 Å². The average Bonchev–Trinajstić information content (AvgIpc) is 2.65. The molecule has 1 aliphatic heterocycles. The van der Waals surface area contributed by atoms with Gasteiger partial charge in [0.2, 0.25) is 5.91 Å². The minimum absolute atomic E-state index is 0.199. The highest BCUT2D eigenvalue weighted by atomic mass is 16.5. The van der Waals surface area contributed by atoms with Gasteiger partial charge in [0.15, 0.2) is 6.61 Å². The van der Waals surface area contributed by atoms with Crippen LogP contribution in [0, 0.1) is 5.92 Å². The fraction of sp³-hybridized carbons (Fsp3) is 0.471. The Balaban J connectivity index is 1.90. The van der Waals surface area contributed by atoms with Crippen molar-refractivity contribution in [2.75, 3.05) is 33.9 Å². The van der Waals surface area contributed by atoms with E-state index in [1.54, 1.807) is 17.0 Å². The quantitative estimate of drug-likeness (QED) is 0.752. The van der Waals surface area contributed by atoms with Crippen molar-refractivity contribution in [2.24, 2.45) is 11.7 Å². The van der Waals surface area contributed by atoms with Crippen LogP contribution in [0.25, 0.3) is 0 Å². The molecule has 25 heavy (non-hydrogen) atoms. The summed E-state index contributed by atoms with van der Waals surface area (Å²) >= 11 is 0. The lowest BCUT2D eigenvalue weighted by atomic mass is 9.96. The molecular weight excluding hydrogens is 328 g/mol. The first kappa shape index (κ1) is 18.6. The number of amides is 2. The van der Waals surface area contributed by atoms with Crippen LogP contribution in [0.3, 0.4) is 0 Å². The van der Waals surface area contributed by atoms with Gasteiger partial charge in [-0.2, -0.15) is 0 Å². The Kier molecular flexibility index (Phi) is 6.21. The first-order valence-corrected chi connectivity index (χ1v) is 7.92. The van der Waals surface area contributed by atoms with Crippen LogP contribution in [-0.2, 0) is 14.3 Å². The summed E-state index contributed by atoms with van der Waals surface area (Å²) in [6.45, 7) is 0.487. The number of hydrogen-bond donors (Lipinski definition) is 1. The van der Waals surface area contributed by atoms with E-state index in [-0.39, 0.29) is 29.9 Å². The van der Waals surface area contributed by atoms with Crippen LogP contribution in [0.1, 0.15) is 23.2 Å². The zero-order valence-electron chi connectivity index (χ0n) is 14.3. The third kappa shape index (κ3) is 4.62. The number of carbonyl (C=O) groups is 3. The molecule has 0 aromatic heterocycles. The molecule has 0 atom stereocenters. The van der Waals surface area contributed by atoms with Gasteiger partial charge in [-0.05, 0) is 25.0 Å². The number of nitrogens with zero attached hydrogens (tertiary/aromatic N) is 1. The van der Waals surface area contributed by atoms with Crippen LogP contribution in [0.2, 0.25) is 0 Å². The van der Waals surface area contributed by atoms with Gasteiger partial charge in [-0.25, -0.2) is 4.79 Å². The molecule has 1 aromatic rings. The number of rotatable bonds is 6. The second kappa shape index (κ2) is 8.36. The lowest BCUT2D eigenvalue weighted by molar-refractivity contribution is -0.137. The van der Waals surface area contributed by atoms with Crippen molar-refractivity contribution >= 4 is 17.8 Å². The number of benzene rings is 1. The van der Waals surface area contributed by atoms with Crippen molar-refractivity contribution in [3.8, 4) is 11.5 Å². The summed E-state index contributed by atoms with van der Waals surface area (Å²) < 4.78 is 15.3. The molecule has 136 valence electrons. The maximum absolute atomic E-state index is 12.2. The molecule has 0 spiro atoms. The van der Waals surface area contributed by atoms with Gasteiger partial charge in [0.05, 0.1) is 14.2 Å². The van der Waals surface area contributed by atoms with Gasteiger partial charge in [-0.1, -0.05) is 0 Å². The number of carbonyl (C=O) groups excluding carboxylic acids is 3. The maximum atomic E-state index is 12.2. The Morgan fingerprint density at radius 1 is 1.16 bits per heavy atom. The van der Waals surface area contributed by atoms with E-state index in [0.29, 0.717) is 37.4 Å². The SMILES string of the molecule is COc1ccc(C(=O)OCC(=O)N2CCC(C(N)=O)CC2)c(OC)c1. The standard InChI is InChI=1S/C17H22N2O6/c1-23-12-3-4-13(14(9-12)24-2)17(22)25-10-15(20)19-7-5-11(6-8-19)16(18)21/h3-4,9,11H,5-8,10H2,1-2H3,(H2,18,21). The summed E-state index contributed by atoms with van der Waals surface area (Å²) in [6.07, 6.45) is 1.06. The van der Waals surface area contributed by atoms with Crippen molar-refractivity contribution in [1.82, 2.24) is 4.90 Å². The molecule has 1 heterocycles. The van der Waals surface area contributed by atoms with Crippen molar-refractivity contribution < 1.29 is 28.6 Å². The number of likely N-dealkylation sites (tertiary alicyclic amines) is 1. The van der Waals surface area contributed by atoms with Crippen molar-refractivity contribution in [2.45, 2.75) is 12.8 Å². The first-order chi connectivity index (χ1) is 12.0. The Morgan fingerprint density at radius 2 is 1.84 bits per heavy atom. The first-order valence-electron chi connectivity index (χ1n) is 7.92. The molecule has 0 bridgehead atoms. The minimum atomic E-state index is -0.653. The van der Waals surface area contributed by atoms with E-state index in [1.165, 1.54) is 20.3 Å². The molecule has 2 amide bonds. The van der Waals surface area contributed by atoms with E-state index < -0.39 is 5.97 Å². The molecule has 1 aromatic carbocycles. The summed E-state index contributed by atoms with van der Waals surface area (Å²) in [5.41, 5.74) is 5.48. The van der Waals surface area contributed by atoms with Gasteiger partial charge in [0.1, 0.15) is 17.1 Å². The van der Waals surface area contributed by atoms with E-state index in [0.717, 1.165) is 0 Å². The van der Waals surface area contributed by atoms with E-state index in [9.17, 15) is 14.4 Å². The topological polar surface area (TPSA) is 108 Å². The van der Waals surface area contributed by atoms with Crippen LogP contribution in [-0.4, -0.2) is 56.6 Å². The molecule has 0 saturated carbocycles. The Hall–Kier alpha value is -2.77. The van der Waals surface area contributed by atoms with Gasteiger partial charge in [0.25, 0.3) is 5.91 Å². The lowest BCUT2D eigenvalue weighted by Gasteiger charge is -2.30. The zero-order chi connectivity index (χ0) is 18.4. The summed E-state index contributed by atoms with van der Waals surface area (Å²) in [5, 5.41) is 0. The van der Waals surface area contributed by atoms with Crippen LogP contribution in [0.15, 0.2) is 18.2 Å². The highest BCUT2D eigenvalue weighted by molar-refractivity contribution is 5.94. The molecule has 2 N–H and O–H groups in total. The second-order valence-electron chi connectivity index (χ2n) is 5.70. The van der Waals surface area contributed by atoms with E-state index in [2.05, 4.69) is 0 Å². The number of piperidine rings is 1. The predicted octanol–water partition coefficient (Wildman–Crippen LogP) is 0.584. The number of ether oxygens (including phenoxy) is 3. The Labute approximate surface area is 145 Å². The van der Waals surface area contributed by atoms with Crippen LogP contribution >= 0.6 is 0 Å². The van der Waals surface area contributed by atoms with Crippen molar-refractivity contribution in [1.29, 1.82) is 0 Å². The number of hydrogen-bond acceptors (Lipinski definition) is 6. The molecular formula is C17H22N2O6. The molecule has 0 aliphatic carbocycles. The molecule has 0 radical (unpaired) electrons. The highest BCUT2D eigenvalue weighted by Crippen LogP contribution is 2.25. The van der Waals surface area contributed by atoms with Gasteiger partial charge in [-0.15, -0.1) is 0 Å². The van der Waals surface area contributed by atoms with Gasteiger partial charge < -0.3 is 24.8 Å². The largest absolute Gasteiger partial charge is 0.497 e. The minimum Gasteiger partial charge on any atom is -0.497 e. The fourth-order valence-electron chi connectivity index (χ4n) is 2.68. The molecule has 1 aliphatic rings. The molecule has 0 unspecified atom stereocenters. The molecule has 8 nitrogen and oxygen atoms in total. The maximum Gasteiger partial charge on any atom is 0.342 e. The highest BCUT2D eigenvalue weighted by Gasteiger charge is 2.26. The fourth-order valence-corrected chi connectivity index (χ4v) is 2.68.